The van der Waals surface area contributed by atoms with Gasteiger partial charge in [0.2, 0.25) is 0 Å². The lowest BCUT2D eigenvalue weighted by atomic mass is 10.1. The third kappa shape index (κ3) is 2.86. The average molecular weight is 289 g/mol. The lowest BCUT2D eigenvalue weighted by Gasteiger charge is -2.01. The molecule has 0 saturated carbocycles. The van der Waals surface area contributed by atoms with Crippen LogP contribution in [0.25, 0.3) is 17.3 Å². The molecule has 0 aliphatic heterocycles. The van der Waals surface area contributed by atoms with E-state index >= 15 is 0 Å². The largest absolute Gasteiger partial charge is 0.292 e. The van der Waals surface area contributed by atoms with Crippen molar-refractivity contribution in [3.63, 3.8) is 0 Å². The van der Waals surface area contributed by atoms with Gasteiger partial charge in [-0.15, -0.1) is 5.10 Å². The van der Waals surface area contributed by atoms with E-state index in [9.17, 15) is 4.79 Å². The van der Waals surface area contributed by atoms with Crippen LogP contribution in [0, 0.1) is 0 Å². The minimum Gasteiger partial charge on any atom is -0.292 e. The Morgan fingerprint density at radius 2 is 1.82 bits per heavy atom. The fourth-order valence-electron chi connectivity index (χ4n) is 2.27. The van der Waals surface area contributed by atoms with Gasteiger partial charge in [-0.2, -0.15) is 0 Å². The third-order valence-electron chi connectivity index (χ3n) is 3.40. The van der Waals surface area contributed by atoms with Gasteiger partial charge in [-0.1, -0.05) is 72.5 Å². The van der Waals surface area contributed by atoms with E-state index in [4.69, 9.17) is 0 Å². The molecule has 0 aliphatic rings. The standard InChI is InChI=1S/C18H15N3O/c1-2-14-8-6-7-11-16(14)17-12-21(20-19-17)13-18(22)15-9-4-3-5-10-15/h2-12H,1,13H2. The molecule has 1 heterocycles. The lowest BCUT2D eigenvalue weighted by molar-refractivity contribution is 0.0967. The lowest BCUT2D eigenvalue weighted by Crippen LogP contribution is -2.10. The van der Waals surface area contributed by atoms with Gasteiger partial charge in [0.15, 0.2) is 5.78 Å². The van der Waals surface area contributed by atoms with Crippen LogP contribution in [0.4, 0.5) is 0 Å². The van der Waals surface area contributed by atoms with Gasteiger partial charge >= 0.3 is 0 Å². The first-order chi connectivity index (χ1) is 10.8. The quantitative estimate of drug-likeness (QED) is 0.676. The van der Waals surface area contributed by atoms with Crippen molar-refractivity contribution in [2.45, 2.75) is 6.54 Å². The van der Waals surface area contributed by atoms with E-state index in [0.717, 1.165) is 16.8 Å². The topological polar surface area (TPSA) is 47.8 Å². The van der Waals surface area contributed by atoms with Crippen LogP contribution in [0.3, 0.4) is 0 Å². The van der Waals surface area contributed by atoms with Crippen molar-refractivity contribution in [2.24, 2.45) is 0 Å². The summed E-state index contributed by atoms with van der Waals surface area (Å²) in [5, 5.41) is 8.20. The molecule has 4 nitrogen and oxygen atoms in total. The number of hydrogen-bond donors (Lipinski definition) is 0. The highest BCUT2D eigenvalue weighted by Crippen LogP contribution is 2.21. The summed E-state index contributed by atoms with van der Waals surface area (Å²) in [5.74, 6) is 0.00839. The maximum absolute atomic E-state index is 12.2. The zero-order valence-electron chi connectivity index (χ0n) is 12.0. The first-order valence-electron chi connectivity index (χ1n) is 6.98. The molecule has 3 rings (SSSR count). The molecular weight excluding hydrogens is 274 g/mol. The van der Waals surface area contributed by atoms with Gasteiger partial charge in [-0.3, -0.25) is 4.79 Å². The van der Waals surface area contributed by atoms with Crippen LogP contribution >= 0.6 is 0 Å². The fraction of sp³-hybridized carbons (Fsp3) is 0.0556. The number of rotatable bonds is 5. The Morgan fingerprint density at radius 3 is 2.59 bits per heavy atom. The number of Topliss-reactive ketones (excluding diaryl/α,β-unsaturated/α-hetero) is 1. The van der Waals surface area contributed by atoms with Gasteiger partial charge in [-0.25, -0.2) is 4.68 Å². The van der Waals surface area contributed by atoms with Crippen LogP contribution in [0.15, 0.2) is 67.4 Å². The number of benzene rings is 2. The molecule has 2 aromatic carbocycles. The van der Waals surface area contributed by atoms with E-state index in [2.05, 4.69) is 16.9 Å². The smallest absolute Gasteiger partial charge is 0.184 e. The van der Waals surface area contributed by atoms with Gasteiger partial charge in [0.25, 0.3) is 0 Å². The highest BCUT2D eigenvalue weighted by molar-refractivity contribution is 5.95. The summed E-state index contributed by atoms with van der Waals surface area (Å²) in [6, 6.07) is 17.0. The predicted molar refractivity (Wildman–Crippen MR) is 86.3 cm³/mol. The summed E-state index contributed by atoms with van der Waals surface area (Å²) in [6.45, 7) is 3.98. The Kier molecular flexibility index (Phi) is 3.92. The minimum atomic E-state index is 0.00839. The summed E-state index contributed by atoms with van der Waals surface area (Å²) < 4.78 is 1.56. The Morgan fingerprint density at radius 1 is 1.09 bits per heavy atom. The number of nitrogens with zero attached hydrogens (tertiary/aromatic N) is 3. The highest BCUT2D eigenvalue weighted by atomic mass is 16.1. The summed E-state index contributed by atoms with van der Waals surface area (Å²) >= 11 is 0. The van der Waals surface area contributed by atoms with E-state index in [0.29, 0.717) is 5.56 Å². The SMILES string of the molecule is C=Cc1ccccc1-c1cn(CC(=O)c2ccccc2)nn1. The molecule has 0 saturated heterocycles. The minimum absolute atomic E-state index is 0.00839. The number of carbonyl (C=O) groups excluding carboxylic acids is 1. The first-order valence-corrected chi connectivity index (χ1v) is 6.98. The van der Waals surface area contributed by atoms with Crippen LogP contribution in [-0.4, -0.2) is 20.8 Å². The fourth-order valence-corrected chi connectivity index (χ4v) is 2.27. The average Bonchev–Trinajstić information content (AvgIpc) is 3.04. The Bertz CT molecular complexity index is 806. The molecule has 1 aromatic heterocycles. The molecule has 0 aliphatic carbocycles. The van der Waals surface area contributed by atoms with Crippen molar-refractivity contribution in [1.29, 1.82) is 0 Å². The molecule has 0 radical (unpaired) electrons. The molecule has 0 bridgehead atoms. The van der Waals surface area contributed by atoms with Crippen molar-refractivity contribution in [3.8, 4) is 11.3 Å². The third-order valence-corrected chi connectivity index (χ3v) is 3.40. The van der Waals surface area contributed by atoms with Gasteiger partial charge < -0.3 is 0 Å². The highest BCUT2D eigenvalue weighted by Gasteiger charge is 2.10. The summed E-state index contributed by atoms with van der Waals surface area (Å²) in [5.41, 5.74) is 3.35. The molecular formula is C18H15N3O. The van der Waals surface area contributed by atoms with E-state index < -0.39 is 0 Å². The van der Waals surface area contributed by atoms with Crippen LogP contribution in [0.5, 0.6) is 0 Å². The van der Waals surface area contributed by atoms with Gasteiger partial charge in [0.1, 0.15) is 12.2 Å². The molecule has 3 aromatic rings. The van der Waals surface area contributed by atoms with E-state index in [-0.39, 0.29) is 12.3 Å². The van der Waals surface area contributed by atoms with Gasteiger partial charge in [-0.05, 0) is 5.56 Å². The van der Waals surface area contributed by atoms with Gasteiger partial charge in [0, 0.05) is 11.1 Å². The maximum atomic E-state index is 12.2. The molecule has 0 atom stereocenters. The Hall–Kier alpha value is -3.01. The molecule has 4 heteroatoms. The van der Waals surface area contributed by atoms with E-state index in [1.54, 1.807) is 29.1 Å². The van der Waals surface area contributed by atoms with Crippen molar-refractivity contribution in [1.82, 2.24) is 15.0 Å². The molecule has 0 spiro atoms. The number of carbonyl (C=O) groups is 1. The number of aromatic nitrogens is 3. The number of hydrogen-bond acceptors (Lipinski definition) is 3. The second kappa shape index (κ2) is 6.18. The molecule has 0 N–H and O–H groups in total. The van der Waals surface area contributed by atoms with Crippen LogP contribution in [-0.2, 0) is 6.54 Å². The van der Waals surface area contributed by atoms with Crippen LogP contribution < -0.4 is 0 Å². The molecule has 0 unspecified atom stereocenters. The second-order valence-electron chi connectivity index (χ2n) is 4.88. The summed E-state index contributed by atoms with van der Waals surface area (Å²) in [4.78, 5) is 12.2. The Balaban J connectivity index is 1.82. The maximum Gasteiger partial charge on any atom is 0.184 e. The second-order valence-corrected chi connectivity index (χ2v) is 4.88. The van der Waals surface area contributed by atoms with E-state index in [1.807, 2.05) is 42.5 Å². The van der Waals surface area contributed by atoms with Gasteiger partial charge in [0.05, 0.1) is 6.20 Å². The first kappa shape index (κ1) is 13.9. The van der Waals surface area contributed by atoms with Crippen molar-refractivity contribution in [3.05, 3.63) is 78.5 Å². The predicted octanol–water partition coefficient (Wildman–Crippen LogP) is 3.47. The zero-order valence-corrected chi connectivity index (χ0v) is 12.0. The summed E-state index contributed by atoms with van der Waals surface area (Å²) in [6.07, 6.45) is 3.56. The zero-order chi connectivity index (χ0) is 15.4. The summed E-state index contributed by atoms with van der Waals surface area (Å²) in [7, 11) is 0. The Labute approximate surface area is 128 Å². The van der Waals surface area contributed by atoms with Crippen molar-refractivity contribution in [2.75, 3.05) is 0 Å². The van der Waals surface area contributed by atoms with E-state index in [1.165, 1.54) is 0 Å². The molecule has 108 valence electrons. The molecule has 0 fully saturated rings. The monoisotopic (exact) mass is 289 g/mol. The number of ketones is 1. The van der Waals surface area contributed by atoms with Crippen LogP contribution in [0.2, 0.25) is 0 Å². The van der Waals surface area contributed by atoms with Crippen LogP contribution in [0.1, 0.15) is 15.9 Å². The molecule has 22 heavy (non-hydrogen) atoms. The van der Waals surface area contributed by atoms with Crippen molar-refractivity contribution < 1.29 is 4.79 Å². The van der Waals surface area contributed by atoms with Crippen molar-refractivity contribution >= 4 is 11.9 Å². The molecule has 0 amide bonds. The normalized spacial score (nSPS) is 10.4.